The van der Waals surface area contributed by atoms with Crippen molar-refractivity contribution in [3.05, 3.63) is 22.9 Å². The highest BCUT2D eigenvalue weighted by Gasteiger charge is 2.41. The van der Waals surface area contributed by atoms with Crippen molar-refractivity contribution >= 4 is 21.6 Å². The first kappa shape index (κ1) is 13.6. The van der Waals surface area contributed by atoms with Crippen LogP contribution in [0.15, 0.2) is 22.9 Å². The largest absolute Gasteiger partial charge is 0.391 e. The molecule has 0 atom stereocenters. The molecule has 2 nitrogen and oxygen atoms in total. The van der Waals surface area contributed by atoms with E-state index in [1.165, 1.54) is 0 Å². The Morgan fingerprint density at radius 3 is 2.44 bits per heavy atom. The molecule has 1 aromatic rings. The van der Waals surface area contributed by atoms with Crippen molar-refractivity contribution in [2.45, 2.75) is 37.9 Å². The zero-order valence-corrected chi connectivity index (χ0v) is 11.3. The Kier molecular flexibility index (Phi) is 4.14. The van der Waals surface area contributed by atoms with Crippen molar-refractivity contribution in [2.75, 3.05) is 5.32 Å². The van der Waals surface area contributed by atoms with E-state index in [1.54, 1.807) is 12.3 Å². The van der Waals surface area contributed by atoms with Gasteiger partial charge in [0.15, 0.2) is 0 Å². The number of hydrogen-bond acceptors (Lipinski definition) is 2. The number of hydrogen-bond donors (Lipinski definition) is 1. The van der Waals surface area contributed by atoms with Crippen molar-refractivity contribution in [3.8, 4) is 0 Å². The molecule has 0 saturated heterocycles. The van der Waals surface area contributed by atoms with Gasteiger partial charge < -0.3 is 5.32 Å². The van der Waals surface area contributed by atoms with Crippen LogP contribution in [0.25, 0.3) is 0 Å². The monoisotopic (exact) mass is 322 g/mol. The Bertz CT molecular complexity index is 401. The van der Waals surface area contributed by atoms with E-state index in [0.29, 0.717) is 17.4 Å². The maximum atomic E-state index is 12.5. The maximum Gasteiger partial charge on any atom is 0.391 e. The predicted octanol–water partition coefficient (Wildman–Crippen LogP) is 4.38. The van der Waals surface area contributed by atoms with Crippen LogP contribution in [0, 0.1) is 5.92 Å². The SMILES string of the molecule is FC(F)(F)C1CCC(Nc2cccnc2Br)CC1. The van der Waals surface area contributed by atoms with Gasteiger partial charge in [-0.1, -0.05) is 0 Å². The zero-order valence-electron chi connectivity index (χ0n) is 9.67. The first-order chi connectivity index (χ1) is 8.47. The molecule has 0 aliphatic heterocycles. The van der Waals surface area contributed by atoms with Gasteiger partial charge in [-0.3, -0.25) is 0 Å². The molecule has 100 valence electrons. The van der Waals surface area contributed by atoms with Gasteiger partial charge in [-0.05, 0) is 53.7 Å². The first-order valence-electron chi connectivity index (χ1n) is 5.90. The van der Waals surface area contributed by atoms with Crippen LogP contribution in [-0.2, 0) is 0 Å². The average molecular weight is 323 g/mol. The standard InChI is InChI=1S/C12H14BrF3N2/c13-11-10(2-1-7-17-11)18-9-5-3-8(4-6-9)12(14,15)16/h1-2,7-9,18H,3-6H2. The summed E-state index contributed by atoms with van der Waals surface area (Å²) in [4.78, 5) is 4.07. The summed E-state index contributed by atoms with van der Waals surface area (Å²) in [6.45, 7) is 0. The van der Waals surface area contributed by atoms with E-state index in [4.69, 9.17) is 0 Å². The number of alkyl halides is 3. The van der Waals surface area contributed by atoms with Crippen LogP contribution in [0.1, 0.15) is 25.7 Å². The van der Waals surface area contributed by atoms with Crippen LogP contribution in [0.3, 0.4) is 0 Å². The summed E-state index contributed by atoms with van der Waals surface area (Å²) >= 11 is 3.31. The second-order valence-electron chi connectivity index (χ2n) is 4.58. The Labute approximate surface area is 112 Å². The fourth-order valence-electron chi connectivity index (χ4n) is 2.28. The van der Waals surface area contributed by atoms with Gasteiger partial charge in [-0.2, -0.15) is 13.2 Å². The van der Waals surface area contributed by atoms with Crippen LogP contribution in [0.5, 0.6) is 0 Å². The molecule has 6 heteroatoms. The fourth-order valence-corrected chi connectivity index (χ4v) is 2.64. The molecule has 1 saturated carbocycles. The van der Waals surface area contributed by atoms with E-state index >= 15 is 0 Å². The molecule has 1 aliphatic carbocycles. The van der Waals surface area contributed by atoms with Crippen molar-refractivity contribution in [1.82, 2.24) is 4.98 Å². The van der Waals surface area contributed by atoms with Gasteiger partial charge >= 0.3 is 6.18 Å². The summed E-state index contributed by atoms with van der Waals surface area (Å²) in [5.41, 5.74) is 0.841. The molecule has 0 spiro atoms. The number of rotatable bonds is 2. The summed E-state index contributed by atoms with van der Waals surface area (Å²) < 4.78 is 38.3. The lowest BCUT2D eigenvalue weighted by Gasteiger charge is -2.30. The topological polar surface area (TPSA) is 24.9 Å². The number of anilines is 1. The third-order valence-electron chi connectivity index (χ3n) is 3.31. The lowest BCUT2D eigenvalue weighted by molar-refractivity contribution is -0.182. The Morgan fingerprint density at radius 2 is 1.89 bits per heavy atom. The number of aromatic nitrogens is 1. The van der Waals surface area contributed by atoms with Gasteiger partial charge in [-0.25, -0.2) is 4.98 Å². The minimum atomic E-state index is -4.04. The van der Waals surface area contributed by atoms with Gasteiger partial charge in [-0.15, -0.1) is 0 Å². The normalized spacial score (nSPS) is 24.9. The van der Waals surface area contributed by atoms with E-state index in [9.17, 15) is 13.2 Å². The number of halogens is 4. The third-order valence-corrected chi connectivity index (χ3v) is 3.94. The average Bonchev–Trinajstić information content (AvgIpc) is 2.32. The van der Waals surface area contributed by atoms with Crippen LogP contribution < -0.4 is 5.32 Å². The number of nitrogens with zero attached hydrogens (tertiary/aromatic N) is 1. The zero-order chi connectivity index (χ0) is 13.2. The van der Waals surface area contributed by atoms with Gasteiger partial charge in [0.1, 0.15) is 4.60 Å². The highest BCUT2D eigenvalue weighted by molar-refractivity contribution is 9.10. The van der Waals surface area contributed by atoms with Crippen LogP contribution in [-0.4, -0.2) is 17.2 Å². The quantitative estimate of drug-likeness (QED) is 0.817. The van der Waals surface area contributed by atoms with Crippen LogP contribution in [0.2, 0.25) is 0 Å². The number of nitrogens with one attached hydrogen (secondary N) is 1. The summed E-state index contributed by atoms with van der Waals surface area (Å²) in [6, 6.07) is 3.77. The van der Waals surface area contributed by atoms with Gasteiger partial charge in [0.25, 0.3) is 0 Å². The van der Waals surface area contributed by atoms with Crippen molar-refractivity contribution in [1.29, 1.82) is 0 Å². The van der Waals surface area contributed by atoms with Crippen molar-refractivity contribution < 1.29 is 13.2 Å². The molecule has 1 fully saturated rings. The summed E-state index contributed by atoms with van der Waals surface area (Å²) in [6.07, 6.45) is -0.870. The molecule has 0 amide bonds. The summed E-state index contributed by atoms with van der Waals surface area (Å²) in [7, 11) is 0. The highest BCUT2D eigenvalue weighted by atomic mass is 79.9. The number of pyridine rings is 1. The molecular formula is C12H14BrF3N2. The molecule has 2 rings (SSSR count). The van der Waals surface area contributed by atoms with Gasteiger partial charge in [0.05, 0.1) is 11.6 Å². The second kappa shape index (κ2) is 5.47. The fraction of sp³-hybridized carbons (Fsp3) is 0.583. The molecule has 0 bridgehead atoms. The Hall–Kier alpha value is -0.780. The second-order valence-corrected chi connectivity index (χ2v) is 5.33. The molecule has 1 aromatic heterocycles. The minimum Gasteiger partial charge on any atom is -0.380 e. The third kappa shape index (κ3) is 3.37. The smallest absolute Gasteiger partial charge is 0.380 e. The van der Waals surface area contributed by atoms with Crippen molar-refractivity contribution in [3.63, 3.8) is 0 Å². The van der Waals surface area contributed by atoms with E-state index in [-0.39, 0.29) is 18.9 Å². The summed E-state index contributed by atoms with van der Waals surface area (Å²) in [5.74, 6) is -1.13. The van der Waals surface area contributed by atoms with Gasteiger partial charge in [0, 0.05) is 12.2 Å². The molecule has 0 radical (unpaired) electrons. The minimum absolute atomic E-state index is 0.101. The first-order valence-corrected chi connectivity index (χ1v) is 6.70. The van der Waals surface area contributed by atoms with Crippen LogP contribution in [0.4, 0.5) is 18.9 Å². The highest BCUT2D eigenvalue weighted by Crippen LogP contribution is 2.38. The molecule has 1 aliphatic rings. The van der Waals surface area contributed by atoms with E-state index in [0.717, 1.165) is 5.69 Å². The van der Waals surface area contributed by atoms with E-state index in [2.05, 4.69) is 26.2 Å². The Morgan fingerprint density at radius 1 is 1.22 bits per heavy atom. The van der Waals surface area contributed by atoms with E-state index in [1.807, 2.05) is 6.07 Å². The molecule has 1 heterocycles. The predicted molar refractivity (Wildman–Crippen MR) is 67.4 cm³/mol. The lowest BCUT2D eigenvalue weighted by atomic mass is 9.85. The van der Waals surface area contributed by atoms with Crippen LogP contribution >= 0.6 is 15.9 Å². The molecule has 0 unspecified atom stereocenters. The molecule has 1 N–H and O–H groups in total. The molecule has 0 aromatic carbocycles. The van der Waals surface area contributed by atoms with Crippen molar-refractivity contribution in [2.24, 2.45) is 5.92 Å². The molecular weight excluding hydrogens is 309 g/mol. The van der Waals surface area contributed by atoms with E-state index < -0.39 is 12.1 Å². The van der Waals surface area contributed by atoms with Gasteiger partial charge in [0.2, 0.25) is 0 Å². The molecule has 18 heavy (non-hydrogen) atoms. The summed E-state index contributed by atoms with van der Waals surface area (Å²) in [5, 5.41) is 3.24. The lowest BCUT2D eigenvalue weighted by Crippen LogP contribution is -2.32. The maximum absolute atomic E-state index is 12.5. The Balaban J connectivity index is 1.90.